The third-order valence-electron chi connectivity index (χ3n) is 3.27. The van der Waals surface area contributed by atoms with E-state index in [2.05, 4.69) is 45.9 Å². The molecule has 2 N–H and O–H groups in total. The molecule has 1 rings (SSSR count). The second-order valence-corrected chi connectivity index (χ2v) is 5.23. The van der Waals surface area contributed by atoms with Gasteiger partial charge in [0.25, 0.3) is 0 Å². The molecule has 0 saturated carbocycles. The van der Waals surface area contributed by atoms with Gasteiger partial charge in [0.2, 0.25) is 0 Å². The Morgan fingerprint density at radius 2 is 1.88 bits per heavy atom. The molecule has 0 spiro atoms. The maximum atomic E-state index is 5.60. The minimum absolute atomic E-state index is 0.615. The Bertz CT molecular complexity index is 328. The van der Waals surface area contributed by atoms with Crippen LogP contribution in [0, 0.1) is 12.8 Å². The van der Waals surface area contributed by atoms with Crippen LogP contribution in [0.4, 0.5) is 0 Å². The Morgan fingerprint density at radius 1 is 1.19 bits per heavy atom. The zero-order valence-corrected chi connectivity index (χ0v) is 11.1. The summed E-state index contributed by atoms with van der Waals surface area (Å²) < 4.78 is 0. The first kappa shape index (κ1) is 13.2. The van der Waals surface area contributed by atoms with Crippen LogP contribution in [0.3, 0.4) is 0 Å². The van der Waals surface area contributed by atoms with Crippen LogP contribution in [-0.4, -0.2) is 6.54 Å². The average molecular weight is 219 g/mol. The standard InChI is InChI=1S/C15H25N/c1-11(2)14-6-5-13(4)15(10-14)9-12(3)7-8-16/h5-6,10-12H,7-9,16H2,1-4H3. The molecule has 0 radical (unpaired) electrons. The number of benzene rings is 1. The van der Waals surface area contributed by atoms with Gasteiger partial charge in [0.05, 0.1) is 0 Å². The van der Waals surface area contributed by atoms with Gasteiger partial charge in [-0.1, -0.05) is 39.0 Å². The maximum absolute atomic E-state index is 5.60. The van der Waals surface area contributed by atoms with E-state index in [4.69, 9.17) is 5.73 Å². The molecule has 1 aromatic rings. The summed E-state index contributed by atoms with van der Waals surface area (Å²) in [6.45, 7) is 9.78. The summed E-state index contributed by atoms with van der Waals surface area (Å²) in [5.41, 5.74) is 9.95. The summed E-state index contributed by atoms with van der Waals surface area (Å²) in [6.07, 6.45) is 2.27. The fourth-order valence-corrected chi connectivity index (χ4v) is 2.03. The molecule has 0 fully saturated rings. The molecule has 1 nitrogen and oxygen atoms in total. The lowest BCUT2D eigenvalue weighted by Gasteiger charge is -2.15. The van der Waals surface area contributed by atoms with Crippen molar-refractivity contribution in [3.8, 4) is 0 Å². The van der Waals surface area contributed by atoms with Gasteiger partial charge >= 0.3 is 0 Å². The van der Waals surface area contributed by atoms with E-state index in [0.29, 0.717) is 11.8 Å². The fourth-order valence-electron chi connectivity index (χ4n) is 2.03. The van der Waals surface area contributed by atoms with Crippen molar-refractivity contribution in [2.24, 2.45) is 11.7 Å². The minimum atomic E-state index is 0.615. The average Bonchev–Trinajstić information content (AvgIpc) is 2.21. The quantitative estimate of drug-likeness (QED) is 0.804. The number of hydrogen-bond donors (Lipinski definition) is 1. The van der Waals surface area contributed by atoms with E-state index < -0.39 is 0 Å². The minimum Gasteiger partial charge on any atom is -0.330 e. The van der Waals surface area contributed by atoms with Gasteiger partial charge in [-0.25, -0.2) is 0 Å². The van der Waals surface area contributed by atoms with E-state index in [1.165, 1.54) is 16.7 Å². The van der Waals surface area contributed by atoms with E-state index in [-0.39, 0.29) is 0 Å². The predicted octanol–water partition coefficient (Wildman–Crippen LogP) is 3.65. The molecule has 0 aromatic heterocycles. The van der Waals surface area contributed by atoms with Crippen molar-refractivity contribution < 1.29 is 0 Å². The highest BCUT2D eigenvalue weighted by Crippen LogP contribution is 2.21. The van der Waals surface area contributed by atoms with Crippen molar-refractivity contribution in [2.75, 3.05) is 6.54 Å². The lowest BCUT2D eigenvalue weighted by molar-refractivity contribution is 0.537. The lowest BCUT2D eigenvalue weighted by Crippen LogP contribution is -2.09. The first-order chi connectivity index (χ1) is 7.54. The molecule has 1 heteroatoms. The van der Waals surface area contributed by atoms with Crippen molar-refractivity contribution in [1.82, 2.24) is 0 Å². The van der Waals surface area contributed by atoms with Crippen LogP contribution in [0.2, 0.25) is 0 Å². The summed E-state index contributed by atoms with van der Waals surface area (Å²) >= 11 is 0. The van der Waals surface area contributed by atoms with Crippen LogP contribution in [-0.2, 0) is 6.42 Å². The third-order valence-corrected chi connectivity index (χ3v) is 3.27. The highest BCUT2D eigenvalue weighted by Gasteiger charge is 2.07. The topological polar surface area (TPSA) is 26.0 Å². The molecule has 90 valence electrons. The zero-order valence-electron chi connectivity index (χ0n) is 11.1. The number of rotatable bonds is 5. The Kier molecular flexibility index (Phi) is 5.01. The lowest BCUT2D eigenvalue weighted by atomic mass is 9.91. The van der Waals surface area contributed by atoms with Crippen molar-refractivity contribution in [3.05, 3.63) is 34.9 Å². The molecule has 0 amide bonds. The Balaban J connectivity index is 2.81. The maximum Gasteiger partial charge on any atom is -0.00746 e. The highest BCUT2D eigenvalue weighted by atomic mass is 14.5. The van der Waals surface area contributed by atoms with Crippen LogP contribution in [0.5, 0.6) is 0 Å². The molecular formula is C15H25N. The molecule has 16 heavy (non-hydrogen) atoms. The van der Waals surface area contributed by atoms with Gasteiger partial charge in [-0.05, 0) is 54.8 Å². The Labute approximate surface area is 100 Å². The molecule has 1 unspecified atom stereocenters. The molecular weight excluding hydrogens is 194 g/mol. The molecule has 1 aromatic carbocycles. The van der Waals surface area contributed by atoms with Crippen molar-refractivity contribution in [3.63, 3.8) is 0 Å². The molecule has 0 heterocycles. The van der Waals surface area contributed by atoms with E-state index in [9.17, 15) is 0 Å². The SMILES string of the molecule is Cc1ccc(C(C)C)cc1CC(C)CCN. The molecule has 0 bridgehead atoms. The van der Waals surface area contributed by atoms with Crippen LogP contribution < -0.4 is 5.73 Å². The summed E-state index contributed by atoms with van der Waals surface area (Å²) in [5, 5.41) is 0. The smallest absolute Gasteiger partial charge is 0.00746 e. The monoisotopic (exact) mass is 219 g/mol. The van der Waals surface area contributed by atoms with Gasteiger partial charge in [0, 0.05) is 0 Å². The number of aryl methyl sites for hydroxylation is 1. The van der Waals surface area contributed by atoms with Gasteiger partial charge in [-0.15, -0.1) is 0 Å². The molecule has 0 aliphatic rings. The van der Waals surface area contributed by atoms with Gasteiger partial charge in [0.15, 0.2) is 0 Å². The summed E-state index contributed by atoms with van der Waals surface area (Å²) in [5.74, 6) is 1.30. The van der Waals surface area contributed by atoms with Crippen molar-refractivity contribution in [1.29, 1.82) is 0 Å². The summed E-state index contributed by atoms with van der Waals surface area (Å²) in [6, 6.07) is 6.87. The third kappa shape index (κ3) is 3.64. The molecule has 1 atom stereocenters. The van der Waals surface area contributed by atoms with Crippen LogP contribution in [0.25, 0.3) is 0 Å². The Hall–Kier alpha value is -0.820. The Morgan fingerprint density at radius 3 is 2.44 bits per heavy atom. The zero-order chi connectivity index (χ0) is 12.1. The largest absolute Gasteiger partial charge is 0.330 e. The van der Waals surface area contributed by atoms with Gasteiger partial charge in [-0.3, -0.25) is 0 Å². The van der Waals surface area contributed by atoms with Gasteiger partial charge in [0.1, 0.15) is 0 Å². The van der Waals surface area contributed by atoms with E-state index in [0.717, 1.165) is 19.4 Å². The van der Waals surface area contributed by atoms with Gasteiger partial charge < -0.3 is 5.73 Å². The first-order valence-corrected chi connectivity index (χ1v) is 6.34. The predicted molar refractivity (Wildman–Crippen MR) is 71.8 cm³/mol. The van der Waals surface area contributed by atoms with E-state index >= 15 is 0 Å². The van der Waals surface area contributed by atoms with Gasteiger partial charge in [-0.2, -0.15) is 0 Å². The van der Waals surface area contributed by atoms with E-state index in [1.807, 2.05) is 0 Å². The molecule has 0 saturated heterocycles. The normalized spacial score (nSPS) is 13.1. The van der Waals surface area contributed by atoms with Crippen molar-refractivity contribution >= 4 is 0 Å². The van der Waals surface area contributed by atoms with Crippen LogP contribution >= 0.6 is 0 Å². The van der Waals surface area contributed by atoms with Crippen LogP contribution in [0.1, 0.15) is 49.8 Å². The number of nitrogens with two attached hydrogens (primary N) is 1. The second-order valence-electron chi connectivity index (χ2n) is 5.23. The number of hydrogen-bond acceptors (Lipinski definition) is 1. The summed E-state index contributed by atoms with van der Waals surface area (Å²) in [4.78, 5) is 0. The van der Waals surface area contributed by atoms with Crippen molar-refractivity contribution in [2.45, 2.75) is 46.5 Å². The molecule has 0 aliphatic carbocycles. The van der Waals surface area contributed by atoms with Crippen LogP contribution in [0.15, 0.2) is 18.2 Å². The molecule has 0 aliphatic heterocycles. The summed E-state index contributed by atoms with van der Waals surface area (Å²) in [7, 11) is 0. The fraction of sp³-hybridized carbons (Fsp3) is 0.600. The second kappa shape index (κ2) is 6.05. The highest BCUT2D eigenvalue weighted by molar-refractivity contribution is 5.32. The van der Waals surface area contributed by atoms with E-state index in [1.54, 1.807) is 0 Å². The first-order valence-electron chi connectivity index (χ1n) is 6.34.